The van der Waals surface area contributed by atoms with Gasteiger partial charge in [0, 0.05) is 23.8 Å². The zero-order valence-electron chi connectivity index (χ0n) is 22.2. The summed E-state index contributed by atoms with van der Waals surface area (Å²) in [6, 6.07) is 10.6. The lowest BCUT2D eigenvalue weighted by Gasteiger charge is -2.45. The summed E-state index contributed by atoms with van der Waals surface area (Å²) in [6.07, 6.45) is 0.808. The fourth-order valence-corrected chi connectivity index (χ4v) is 8.35. The van der Waals surface area contributed by atoms with Crippen LogP contribution in [0.2, 0.25) is 5.02 Å². The number of hydrogen-bond acceptors (Lipinski definition) is 8. The monoisotopic (exact) mass is 625 g/mol. The van der Waals surface area contributed by atoms with Gasteiger partial charge in [-0.25, -0.2) is 22.4 Å². The van der Waals surface area contributed by atoms with Crippen molar-refractivity contribution in [1.29, 1.82) is 0 Å². The van der Waals surface area contributed by atoms with Gasteiger partial charge in [-0.3, -0.25) is 0 Å². The van der Waals surface area contributed by atoms with E-state index in [1.54, 1.807) is 24.3 Å². The standard InChI is InChI=1S/C27H29ClFN3O7S2/c1-27(2)12-18(8-9-32(27)41(37,38)14-15-4-3-5-17(30)10-15)31-20-11-16(6-7-19(20)29)24-22(28)23(39-13-21(33)34)25(40-24)26(35)36/h3-7,10-11,18,31H,8-9,12-14,30H2,1-2H3,(H,33,34)(H,35,36)/t18-/m1/s1. The number of rotatable bonds is 10. The minimum Gasteiger partial charge on any atom is -0.479 e. The van der Waals surface area contributed by atoms with E-state index in [0.717, 1.165) is 11.3 Å². The van der Waals surface area contributed by atoms with Crippen molar-refractivity contribution in [3.05, 3.63) is 63.7 Å². The van der Waals surface area contributed by atoms with Gasteiger partial charge in [0.1, 0.15) is 10.8 Å². The maximum absolute atomic E-state index is 14.9. The predicted octanol–water partition coefficient (Wildman–Crippen LogP) is 5.14. The third kappa shape index (κ3) is 6.92. The average Bonchev–Trinajstić information content (AvgIpc) is 3.19. The molecular weight excluding hydrogens is 597 g/mol. The first-order valence-electron chi connectivity index (χ1n) is 12.5. The molecule has 0 amide bonds. The lowest BCUT2D eigenvalue weighted by Crippen LogP contribution is -2.55. The molecular formula is C27H29ClFN3O7S2. The van der Waals surface area contributed by atoms with Gasteiger partial charge in [0.05, 0.1) is 16.3 Å². The number of nitrogens with two attached hydrogens (primary N) is 1. The summed E-state index contributed by atoms with van der Waals surface area (Å²) in [5.74, 6) is -3.66. The van der Waals surface area contributed by atoms with E-state index in [1.165, 1.54) is 22.5 Å². The molecule has 0 unspecified atom stereocenters. The van der Waals surface area contributed by atoms with Crippen molar-refractivity contribution in [3.8, 4) is 16.2 Å². The van der Waals surface area contributed by atoms with Gasteiger partial charge in [0.25, 0.3) is 0 Å². The van der Waals surface area contributed by atoms with Crippen molar-refractivity contribution in [2.75, 3.05) is 24.2 Å². The van der Waals surface area contributed by atoms with Gasteiger partial charge >= 0.3 is 11.9 Å². The van der Waals surface area contributed by atoms with Crippen LogP contribution in [-0.4, -0.2) is 59.6 Å². The van der Waals surface area contributed by atoms with Crippen molar-refractivity contribution in [1.82, 2.24) is 4.31 Å². The molecule has 1 atom stereocenters. The largest absolute Gasteiger partial charge is 0.479 e. The smallest absolute Gasteiger partial charge is 0.349 e. The molecule has 1 saturated heterocycles. The van der Waals surface area contributed by atoms with Gasteiger partial charge < -0.3 is 26.0 Å². The highest BCUT2D eigenvalue weighted by molar-refractivity contribution is 7.88. The number of sulfonamides is 1. The first kappa shape index (κ1) is 30.6. The summed E-state index contributed by atoms with van der Waals surface area (Å²) in [6.45, 7) is 3.08. The van der Waals surface area contributed by atoms with E-state index >= 15 is 0 Å². The van der Waals surface area contributed by atoms with E-state index in [0.29, 0.717) is 29.7 Å². The molecule has 1 fully saturated rings. The van der Waals surface area contributed by atoms with E-state index < -0.39 is 39.9 Å². The Hall–Kier alpha value is -3.39. The number of anilines is 2. The molecule has 220 valence electrons. The Morgan fingerprint density at radius 1 is 1.24 bits per heavy atom. The van der Waals surface area contributed by atoms with Crippen LogP contribution in [-0.2, 0) is 20.6 Å². The maximum atomic E-state index is 14.9. The molecule has 1 aromatic heterocycles. The van der Waals surface area contributed by atoms with Crippen LogP contribution in [0.4, 0.5) is 15.8 Å². The van der Waals surface area contributed by atoms with Crippen molar-refractivity contribution in [3.63, 3.8) is 0 Å². The highest BCUT2D eigenvalue weighted by atomic mass is 35.5. The topological polar surface area (TPSA) is 159 Å². The molecule has 1 aliphatic rings. The number of nitrogen functional groups attached to an aromatic ring is 1. The molecule has 4 rings (SSSR count). The first-order chi connectivity index (χ1) is 19.2. The summed E-state index contributed by atoms with van der Waals surface area (Å²) >= 11 is 7.17. The molecule has 0 bridgehead atoms. The number of nitrogens with zero attached hydrogens (tertiary/aromatic N) is 1. The number of benzene rings is 2. The Bertz CT molecular complexity index is 1590. The van der Waals surface area contributed by atoms with Crippen LogP contribution in [0, 0.1) is 5.82 Å². The molecule has 3 aromatic rings. The molecule has 10 nitrogen and oxygen atoms in total. The van der Waals surface area contributed by atoms with Gasteiger partial charge in [-0.2, -0.15) is 4.31 Å². The van der Waals surface area contributed by atoms with Crippen LogP contribution < -0.4 is 15.8 Å². The summed E-state index contributed by atoms with van der Waals surface area (Å²) in [4.78, 5) is 22.6. The number of aromatic carboxylic acids is 1. The van der Waals surface area contributed by atoms with Crippen LogP contribution in [0.15, 0.2) is 42.5 Å². The number of carbonyl (C=O) groups is 2. The third-order valence-electron chi connectivity index (χ3n) is 6.67. The van der Waals surface area contributed by atoms with Crippen LogP contribution in [0.1, 0.15) is 41.9 Å². The fraction of sp³-hybridized carbons (Fsp3) is 0.333. The number of carboxylic acid groups (broad SMARTS) is 2. The predicted molar refractivity (Wildman–Crippen MR) is 156 cm³/mol. The SMILES string of the molecule is CC1(C)C[C@H](Nc2cc(-c3sc(C(=O)O)c(OCC(=O)O)c3Cl)ccc2F)CCN1S(=O)(=O)Cc1cccc(N)c1. The number of halogens is 2. The maximum Gasteiger partial charge on any atom is 0.349 e. The number of nitrogens with one attached hydrogen (secondary N) is 1. The van der Waals surface area contributed by atoms with E-state index in [1.807, 2.05) is 13.8 Å². The van der Waals surface area contributed by atoms with E-state index in [2.05, 4.69) is 5.32 Å². The second-order valence-corrected chi connectivity index (χ2v) is 13.6. The summed E-state index contributed by atoms with van der Waals surface area (Å²) < 4.78 is 48.1. The number of carboxylic acids is 2. The third-order valence-corrected chi connectivity index (χ3v) is 10.4. The van der Waals surface area contributed by atoms with Gasteiger partial charge in [0.15, 0.2) is 17.2 Å². The lowest BCUT2D eigenvalue weighted by atomic mass is 9.89. The Kier molecular flexibility index (Phi) is 8.83. The first-order valence-corrected chi connectivity index (χ1v) is 15.3. The minimum absolute atomic E-state index is 0.0916. The van der Waals surface area contributed by atoms with Gasteiger partial charge in [-0.05, 0) is 62.1 Å². The minimum atomic E-state index is -3.67. The van der Waals surface area contributed by atoms with E-state index in [4.69, 9.17) is 27.2 Å². The summed E-state index contributed by atoms with van der Waals surface area (Å²) in [5, 5.41) is 21.5. The number of aliphatic carboxylic acids is 1. The Labute approximate surface area is 245 Å². The van der Waals surface area contributed by atoms with E-state index in [9.17, 15) is 27.5 Å². The number of ether oxygens (including phenoxy) is 1. The van der Waals surface area contributed by atoms with Crippen LogP contribution in [0.25, 0.3) is 10.4 Å². The number of hydrogen-bond donors (Lipinski definition) is 4. The normalized spacial score (nSPS) is 17.2. The molecule has 0 radical (unpaired) electrons. The summed E-state index contributed by atoms with van der Waals surface area (Å²) in [5.41, 5.74) is 6.65. The second kappa shape index (κ2) is 11.8. The number of piperidine rings is 1. The molecule has 0 spiro atoms. The molecule has 2 aromatic carbocycles. The Balaban J connectivity index is 1.54. The quantitative estimate of drug-likeness (QED) is 0.224. The molecule has 14 heteroatoms. The zero-order chi connectivity index (χ0) is 30.1. The molecule has 1 aliphatic heterocycles. The van der Waals surface area contributed by atoms with Gasteiger partial charge in [-0.1, -0.05) is 29.8 Å². The number of thiophene rings is 1. The summed E-state index contributed by atoms with van der Waals surface area (Å²) in [7, 11) is -3.67. The zero-order valence-corrected chi connectivity index (χ0v) is 24.6. The van der Waals surface area contributed by atoms with Crippen LogP contribution in [0.5, 0.6) is 5.75 Å². The lowest BCUT2D eigenvalue weighted by molar-refractivity contribution is -0.139. The molecule has 0 saturated carbocycles. The molecule has 0 aliphatic carbocycles. The van der Waals surface area contributed by atoms with Crippen LogP contribution in [0.3, 0.4) is 0 Å². The van der Waals surface area contributed by atoms with Crippen molar-refractivity contribution in [2.24, 2.45) is 0 Å². The second-order valence-electron chi connectivity index (χ2n) is 10.3. The van der Waals surface area contributed by atoms with Crippen molar-refractivity contribution < 1.29 is 37.3 Å². The van der Waals surface area contributed by atoms with Gasteiger partial charge in [0.2, 0.25) is 10.0 Å². The Morgan fingerprint density at radius 2 is 1.98 bits per heavy atom. The average molecular weight is 626 g/mol. The van der Waals surface area contributed by atoms with Gasteiger partial charge in [-0.15, -0.1) is 11.3 Å². The molecule has 41 heavy (non-hydrogen) atoms. The van der Waals surface area contributed by atoms with Crippen LogP contribution >= 0.6 is 22.9 Å². The highest BCUT2D eigenvalue weighted by Gasteiger charge is 2.41. The van der Waals surface area contributed by atoms with Crippen molar-refractivity contribution >= 4 is 56.3 Å². The van der Waals surface area contributed by atoms with E-state index in [-0.39, 0.29) is 44.6 Å². The van der Waals surface area contributed by atoms with Crippen molar-refractivity contribution in [2.45, 2.75) is 44.0 Å². The highest BCUT2D eigenvalue weighted by Crippen LogP contribution is 2.46. The molecule has 5 N–H and O–H groups in total. The fourth-order valence-electron chi connectivity index (χ4n) is 4.98. The Morgan fingerprint density at radius 3 is 2.61 bits per heavy atom. The molecule has 2 heterocycles.